The van der Waals surface area contributed by atoms with Crippen LogP contribution in [0.3, 0.4) is 0 Å². The molecule has 0 amide bonds. The van der Waals surface area contributed by atoms with Gasteiger partial charge >= 0.3 is 0 Å². The highest BCUT2D eigenvalue weighted by molar-refractivity contribution is 5.24. The van der Waals surface area contributed by atoms with Crippen molar-refractivity contribution in [3.8, 4) is 0 Å². The Hall–Kier alpha value is -0.540. The zero-order valence-electron chi connectivity index (χ0n) is 16.1. The molecule has 0 radical (unpaired) electrons. The molecule has 7 heteroatoms. The molecule has 1 fully saturated rings. The van der Waals surface area contributed by atoms with Gasteiger partial charge in [0.2, 0.25) is 0 Å². The zero-order valence-corrected chi connectivity index (χ0v) is 16.1. The molecule has 0 bridgehead atoms. The first-order chi connectivity index (χ1) is 12.1. The van der Waals surface area contributed by atoms with E-state index in [9.17, 15) is 25.5 Å². The molecule has 1 aliphatic carbocycles. The summed E-state index contributed by atoms with van der Waals surface area (Å²) in [5, 5.41) is 48.8. The molecule has 5 N–H and O–H groups in total. The minimum atomic E-state index is -1.43. The van der Waals surface area contributed by atoms with E-state index in [1.54, 1.807) is 6.92 Å². The number of hydrogen-bond donors (Lipinski definition) is 5. The maximum absolute atomic E-state index is 10.2. The van der Waals surface area contributed by atoms with Gasteiger partial charge < -0.3 is 35.0 Å². The van der Waals surface area contributed by atoms with Crippen LogP contribution in [0.5, 0.6) is 0 Å². The van der Waals surface area contributed by atoms with Crippen LogP contribution in [0.15, 0.2) is 11.1 Å². The first kappa shape index (κ1) is 21.8. The van der Waals surface area contributed by atoms with Crippen molar-refractivity contribution in [3.05, 3.63) is 11.1 Å². The fourth-order valence-corrected chi connectivity index (χ4v) is 4.18. The van der Waals surface area contributed by atoms with Crippen LogP contribution in [-0.4, -0.2) is 75.1 Å². The average Bonchev–Trinajstić information content (AvgIpc) is 2.53. The van der Waals surface area contributed by atoms with Crippen LogP contribution in [-0.2, 0) is 9.47 Å². The van der Waals surface area contributed by atoms with E-state index in [-0.39, 0.29) is 17.6 Å². The highest BCUT2D eigenvalue weighted by Gasteiger charge is 2.45. The normalized spacial score (nSPS) is 39.1. The molecule has 1 aliphatic heterocycles. The topological polar surface area (TPSA) is 120 Å². The van der Waals surface area contributed by atoms with Crippen molar-refractivity contribution >= 4 is 0 Å². The van der Waals surface area contributed by atoms with E-state index in [0.717, 1.165) is 6.42 Å². The van der Waals surface area contributed by atoms with Crippen LogP contribution < -0.4 is 0 Å². The van der Waals surface area contributed by atoms with Crippen molar-refractivity contribution in [2.24, 2.45) is 5.41 Å². The third kappa shape index (κ3) is 4.84. The summed E-state index contributed by atoms with van der Waals surface area (Å²) in [5.41, 5.74) is 2.42. The van der Waals surface area contributed by atoms with Gasteiger partial charge in [-0.25, -0.2) is 0 Å². The van der Waals surface area contributed by atoms with E-state index < -0.39 is 37.3 Å². The molecule has 1 heterocycles. The van der Waals surface area contributed by atoms with Gasteiger partial charge in [-0.05, 0) is 44.9 Å². The van der Waals surface area contributed by atoms with Crippen molar-refractivity contribution in [1.82, 2.24) is 0 Å². The molecular formula is C19H34O7. The van der Waals surface area contributed by atoms with Gasteiger partial charge in [0.25, 0.3) is 0 Å². The lowest BCUT2D eigenvalue weighted by Crippen LogP contribution is -2.59. The fourth-order valence-electron chi connectivity index (χ4n) is 4.18. The van der Waals surface area contributed by atoms with Gasteiger partial charge in [-0.3, -0.25) is 0 Å². The Balaban J connectivity index is 2.07. The second-order valence-corrected chi connectivity index (χ2v) is 8.39. The van der Waals surface area contributed by atoms with Crippen molar-refractivity contribution in [1.29, 1.82) is 0 Å². The molecule has 2 aliphatic rings. The minimum absolute atomic E-state index is 0.115. The predicted octanol–water partition coefficient (Wildman–Crippen LogP) is 0.469. The largest absolute Gasteiger partial charge is 0.394 e. The molecular weight excluding hydrogens is 340 g/mol. The molecule has 152 valence electrons. The number of allylic oxidation sites excluding steroid dienone is 1. The average molecular weight is 374 g/mol. The van der Waals surface area contributed by atoms with Crippen LogP contribution in [0.4, 0.5) is 0 Å². The first-order valence-corrected chi connectivity index (χ1v) is 9.40. The fraction of sp³-hybridized carbons (Fsp3) is 0.895. The number of hydrogen-bond acceptors (Lipinski definition) is 7. The maximum Gasteiger partial charge on any atom is 0.186 e. The molecule has 26 heavy (non-hydrogen) atoms. The number of aliphatic hydroxyl groups is 5. The Morgan fingerprint density at radius 3 is 2.38 bits per heavy atom. The van der Waals surface area contributed by atoms with Crippen molar-refractivity contribution < 1.29 is 35.0 Å². The van der Waals surface area contributed by atoms with Gasteiger partial charge in [0, 0.05) is 0 Å². The number of aliphatic hydroxyl groups excluding tert-OH is 5. The van der Waals surface area contributed by atoms with Crippen molar-refractivity contribution in [2.75, 3.05) is 6.61 Å². The third-order valence-corrected chi connectivity index (χ3v) is 5.59. The van der Waals surface area contributed by atoms with Crippen LogP contribution in [0.1, 0.15) is 53.4 Å². The SMILES string of the molecule is CC1=C(CCC(C)O)C(C)(C)C[C@H](O[C@@H]2O[C@H](CO)[C@@H](O)[C@H](O)[C@H]2O)C1. The standard InChI is InChI=1S/C19H34O7/c1-10-7-12(8-19(3,4)13(10)6-5-11(2)21)25-18-17(24)16(23)15(22)14(9-20)26-18/h11-12,14-18,20-24H,5-9H2,1-4H3/t11?,12-,14-,15-,16+,17-,18-/m1/s1. The van der Waals surface area contributed by atoms with Gasteiger partial charge in [0.1, 0.15) is 24.4 Å². The second kappa shape index (κ2) is 8.65. The summed E-state index contributed by atoms with van der Waals surface area (Å²) in [7, 11) is 0. The quantitative estimate of drug-likeness (QED) is 0.429. The van der Waals surface area contributed by atoms with Gasteiger partial charge in [-0.2, -0.15) is 0 Å². The molecule has 1 unspecified atom stereocenters. The van der Waals surface area contributed by atoms with Gasteiger partial charge in [-0.1, -0.05) is 25.0 Å². The first-order valence-electron chi connectivity index (χ1n) is 9.40. The molecule has 0 aromatic carbocycles. The van der Waals surface area contributed by atoms with Crippen molar-refractivity contribution in [2.45, 2.75) is 96.3 Å². The van der Waals surface area contributed by atoms with Crippen LogP contribution in [0.25, 0.3) is 0 Å². The summed E-state index contributed by atoms with van der Waals surface area (Å²) in [5.74, 6) is 0. The zero-order chi connectivity index (χ0) is 19.6. The van der Waals surface area contributed by atoms with E-state index in [1.165, 1.54) is 11.1 Å². The van der Waals surface area contributed by atoms with Crippen LogP contribution >= 0.6 is 0 Å². The van der Waals surface area contributed by atoms with E-state index in [1.807, 2.05) is 0 Å². The molecule has 1 saturated heterocycles. The Morgan fingerprint density at radius 2 is 1.85 bits per heavy atom. The van der Waals surface area contributed by atoms with E-state index >= 15 is 0 Å². The Morgan fingerprint density at radius 1 is 1.19 bits per heavy atom. The van der Waals surface area contributed by atoms with E-state index in [0.29, 0.717) is 19.3 Å². The second-order valence-electron chi connectivity index (χ2n) is 8.39. The Kier molecular flexibility index (Phi) is 7.23. The van der Waals surface area contributed by atoms with E-state index in [2.05, 4.69) is 20.8 Å². The van der Waals surface area contributed by atoms with Crippen molar-refractivity contribution in [3.63, 3.8) is 0 Å². The summed E-state index contributed by atoms with van der Waals surface area (Å²) in [6, 6.07) is 0. The summed E-state index contributed by atoms with van der Waals surface area (Å²) < 4.78 is 11.4. The predicted molar refractivity (Wildman–Crippen MR) is 95.3 cm³/mol. The maximum atomic E-state index is 10.2. The summed E-state index contributed by atoms with van der Waals surface area (Å²) >= 11 is 0. The Bertz CT molecular complexity index is 500. The monoisotopic (exact) mass is 374 g/mol. The van der Waals surface area contributed by atoms with Crippen LogP contribution in [0, 0.1) is 5.41 Å². The van der Waals surface area contributed by atoms with Gasteiger partial charge in [0.05, 0.1) is 18.8 Å². The highest BCUT2D eigenvalue weighted by Crippen LogP contribution is 2.44. The minimum Gasteiger partial charge on any atom is -0.394 e. The number of rotatable bonds is 6. The third-order valence-electron chi connectivity index (χ3n) is 5.59. The van der Waals surface area contributed by atoms with Crippen LogP contribution in [0.2, 0.25) is 0 Å². The summed E-state index contributed by atoms with van der Waals surface area (Å²) in [6.07, 6.45) is -3.86. The summed E-state index contributed by atoms with van der Waals surface area (Å²) in [4.78, 5) is 0. The number of ether oxygens (including phenoxy) is 2. The Labute approximate surface area is 155 Å². The van der Waals surface area contributed by atoms with Gasteiger partial charge in [-0.15, -0.1) is 0 Å². The molecule has 0 saturated carbocycles. The lowest BCUT2D eigenvalue weighted by atomic mass is 9.70. The molecule has 7 atom stereocenters. The smallest absolute Gasteiger partial charge is 0.186 e. The lowest BCUT2D eigenvalue weighted by Gasteiger charge is -2.44. The summed E-state index contributed by atoms with van der Waals surface area (Å²) in [6.45, 7) is 7.65. The highest BCUT2D eigenvalue weighted by atomic mass is 16.7. The van der Waals surface area contributed by atoms with Gasteiger partial charge in [0.15, 0.2) is 6.29 Å². The van der Waals surface area contributed by atoms with E-state index in [4.69, 9.17) is 9.47 Å². The molecule has 0 spiro atoms. The molecule has 7 nitrogen and oxygen atoms in total. The molecule has 0 aromatic heterocycles. The molecule has 2 rings (SSSR count). The lowest BCUT2D eigenvalue weighted by molar-refractivity contribution is -0.313. The molecule has 0 aromatic rings.